The average molecular weight is 402 g/mol. The van der Waals surface area contributed by atoms with Crippen LogP contribution in [0.5, 0.6) is 0 Å². The van der Waals surface area contributed by atoms with E-state index in [1.54, 1.807) is 12.4 Å². The summed E-state index contributed by atoms with van der Waals surface area (Å²) in [5.74, 6) is 0. The molecule has 0 atom stereocenters. The number of nitrogens with zero attached hydrogens (tertiary/aromatic N) is 3. The van der Waals surface area contributed by atoms with Crippen LogP contribution >= 0.6 is 0 Å². The van der Waals surface area contributed by atoms with Crippen LogP contribution in [0.1, 0.15) is 31.9 Å². The molecule has 0 fully saturated rings. The van der Waals surface area contributed by atoms with Crippen molar-refractivity contribution in [2.45, 2.75) is 26.2 Å². The van der Waals surface area contributed by atoms with Crippen molar-refractivity contribution in [3.05, 3.63) is 96.3 Å². The second kappa shape index (κ2) is 7.11. The highest BCUT2D eigenvalue weighted by atomic mass is 15.0. The van der Waals surface area contributed by atoms with Gasteiger partial charge in [-0.25, -0.2) is 0 Å². The van der Waals surface area contributed by atoms with Crippen LogP contribution in [-0.2, 0) is 5.41 Å². The molecule has 150 valence electrons. The van der Waals surface area contributed by atoms with Crippen LogP contribution in [0.4, 0.5) is 0 Å². The highest BCUT2D eigenvalue weighted by Gasteiger charge is 2.18. The molecule has 0 amide bonds. The third-order valence-electron chi connectivity index (χ3n) is 5.86. The molecule has 2 aromatic heterocycles. The van der Waals surface area contributed by atoms with Crippen LogP contribution in [0.25, 0.3) is 38.6 Å². The standard InChI is InChI=1S/C28H23N3/c1-28(2,3)22-8-9-25-24-6-4-5-7-26(24)31(27(25)17-22)23-15-19(18-29)14-21(16-23)20-10-12-30-13-11-20/h4-17H,1-3H3. The highest BCUT2D eigenvalue weighted by molar-refractivity contribution is 6.09. The Balaban J connectivity index is 1.87. The van der Waals surface area contributed by atoms with Crippen molar-refractivity contribution < 1.29 is 0 Å². The molecule has 0 N–H and O–H groups in total. The monoisotopic (exact) mass is 401 g/mol. The normalized spacial score (nSPS) is 11.7. The maximum Gasteiger partial charge on any atom is 0.0992 e. The molecule has 3 nitrogen and oxygen atoms in total. The van der Waals surface area contributed by atoms with Crippen LogP contribution in [-0.4, -0.2) is 9.55 Å². The van der Waals surface area contributed by atoms with Crippen LogP contribution in [0.15, 0.2) is 85.2 Å². The van der Waals surface area contributed by atoms with E-state index >= 15 is 0 Å². The average Bonchev–Trinajstić information content (AvgIpc) is 3.12. The van der Waals surface area contributed by atoms with Gasteiger partial charge >= 0.3 is 0 Å². The fourth-order valence-corrected chi connectivity index (χ4v) is 4.23. The molecule has 0 saturated carbocycles. The minimum Gasteiger partial charge on any atom is -0.309 e. The van der Waals surface area contributed by atoms with Gasteiger partial charge in [0.1, 0.15) is 0 Å². The summed E-state index contributed by atoms with van der Waals surface area (Å²) in [6, 6.07) is 27.6. The second-order valence-corrected chi connectivity index (χ2v) is 8.95. The van der Waals surface area contributed by atoms with E-state index in [-0.39, 0.29) is 5.41 Å². The van der Waals surface area contributed by atoms with E-state index in [0.29, 0.717) is 5.56 Å². The maximum absolute atomic E-state index is 9.74. The van der Waals surface area contributed by atoms with Crippen molar-refractivity contribution in [1.29, 1.82) is 5.26 Å². The van der Waals surface area contributed by atoms with E-state index in [2.05, 4.69) is 84.9 Å². The van der Waals surface area contributed by atoms with Crippen molar-refractivity contribution in [2.75, 3.05) is 0 Å². The molecule has 31 heavy (non-hydrogen) atoms. The number of hydrogen-bond donors (Lipinski definition) is 0. The summed E-state index contributed by atoms with van der Waals surface area (Å²) in [6.07, 6.45) is 3.56. The third-order valence-corrected chi connectivity index (χ3v) is 5.86. The molecular weight excluding hydrogens is 378 g/mol. The van der Waals surface area contributed by atoms with Gasteiger partial charge in [-0.15, -0.1) is 0 Å². The highest BCUT2D eigenvalue weighted by Crippen LogP contribution is 2.36. The van der Waals surface area contributed by atoms with Crippen LogP contribution in [0.3, 0.4) is 0 Å². The molecule has 0 bridgehead atoms. The van der Waals surface area contributed by atoms with Crippen molar-refractivity contribution in [3.8, 4) is 22.9 Å². The predicted octanol–water partition coefficient (Wildman–Crippen LogP) is 7.01. The zero-order valence-corrected chi connectivity index (χ0v) is 17.9. The number of para-hydroxylation sites is 1. The zero-order chi connectivity index (χ0) is 21.6. The lowest BCUT2D eigenvalue weighted by atomic mass is 9.86. The molecule has 0 aliphatic heterocycles. The van der Waals surface area contributed by atoms with E-state index in [1.165, 1.54) is 16.3 Å². The first-order chi connectivity index (χ1) is 15.0. The molecule has 3 aromatic carbocycles. The van der Waals surface area contributed by atoms with Gasteiger partial charge in [0, 0.05) is 28.9 Å². The summed E-state index contributed by atoms with van der Waals surface area (Å²) in [5.41, 5.74) is 7.31. The molecule has 3 heteroatoms. The van der Waals surface area contributed by atoms with Crippen LogP contribution < -0.4 is 0 Å². The summed E-state index contributed by atoms with van der Waals surface area (Å²) >= 11 is 0. The van der Waals surface area contributed by atoms with E-state index < -0.39 is 0 Å². The molecule has 0 spiro atoms. The lowest BCUT2D eigenvalue weighted by molar-refractivity contribution is 0.591. The summed E-state index contributed by atoms with van der Waals surface area (Å²) in [4.78, 5) is 4.13. The minimum absolute atomic E-state index is 0.0478. The fourth-order valence-electron chi connectivity index (χ4n) is 4.23. The fraction of sp³-hybridized carbons (Fsp3) is 0.143. The molecule has 5 aromatic rings. The minimum atomic E-state index is 0.0478. The molecule has 0 saturated heterocycles. The molecule has 5 rings (SSSR count). The zero-order valence-electron chi connectivity index (χ0n) is 17.9. The Morgan fingerprint density at radius 2 is 1.52 bits per heavy atom. The Bertz CT molecular complexity index is 1460. The first-order valence-electron chi connectivity index (χ1n) is 10.5. The van der Waals surface area contributed by atoms with Crippen molar-refractivity contribution in [2.24, 2.45) is 0 Å². The number of benzene rings is 3. The van der Waals surface area contributed by atoms with Crippen LogP contribution in [0.2, 0.25) is 0 Å². The molecule has 0 radical (unpaired) electrons. The molecule has 0 unspecified atom stereocenters. The Labute approximate surface area is 182 Å². The molecule has 0 aliphatic rings. The first kappa shape index (κ1) is 19.1. The quantitative estimate of drug-likeness (QED) is 0.319. The third kappa shape index (κ3) is 3.27. The SMILES string of the molecule is CC(C)(C)c1ccc2c3ccccc3n(-c3cc(C#N)cc(-c4ccncc4)c3)c2c1. The largest absolute Gasteiger partial charge is 0.309 e. The smallest absolute Gasteiger partial charge is 0.0992 e. The lowest BCUT2D eigenvalue weighted by Gasteiger charge is -2.19. The Morgan fingerprint density at radius 1 is 0.774 bits per heavy atom. The van der Waals surface area contributed by atoms with Gasteiger partial charge in [-0.3, -0.25) is 4.98 Å². The van der Waals surface area contributed by atoms with Crippen molar-refractivity contribution in [1.82, 2.24) is 9.55 Å². The van der Waals surface area contributed by atoms with E-state index in [4.69, 9.17) is 0 Å². The van der Waals surface area contributed by atoms with Gasteiger partial charge < -0.3 is 4.57 Å². The van der Waals surface area contributed by atoms with Gasteiger partial charge in [0.05, 0.1) is 22.7 Å². The van der Waals surface area contributed by atoms with Crippen LogP contribution in [0, 0.1) is 11.3 Å². The number of nitriles is 1. The van der Waals surface area contributed by atoms with E-state index in [9.17, 15) is 5.26 Å². The lowest BCUT2D eigenvalue weighted by Crippen LogP contribution is -2.10. The summed E-state index contributed by atoms with van der Waals surface area (Å²) < 4.78 is 2.28. The number of aromatic nitrogens is 2. The van der Waals surface area contributed by atoms with Gasteiger partial charge in [-0.2, -0.15) is 5.26 Å². The Hall–Kier alpha value is -3.90. The van der Waals surface area contributed by atoms with Crippen molar-refractivity contribution >= 4 is 21.8 Å². The Morgan fingerprint density at radius 3 is 2.26 bits per heavy atom. The number of fused-ring (bicyclic) bond motifs is 3. The Kier molecular flexibility index (Phi) is 4.38. The van der Waals surface area contributed by atoms with Crippen molar-refractivity contribution in [3.63, 3.8) is 0 Å². The van der Waals surface area contributed by atoms with Gasteiger partial charge in [0.25, 0.3) is 0 Å². The van der Waals surface area contributed by atoms with Gasteiger partial charge in [-0.05, 0) is 64.6 Å². The number of hydrogen-bond acceptors (Lipinski definition) is 2. The van der Waals surface area contributed by atoms with E-state index in [0.717, 1.165) is 27.8 Å². The van der Waals surface area contributed by atoms with E-state index in [1.807, 2.05) is 24.3 Å². The van der Waals surface area contributed by atoms with Gasteiger partial charge in [0.15, 0.2) is 0 Å². The summed E-state index contributed by atoms with van der Waals surface area (Å²) in [5, 5.41) is 12.2. The molecular formula is C28H23N3. The summed E-state index contributed by atoms with van der Waals surface area (Å²) in [6.45, 7) is 6.71. The maximum atomic E-state index is 9.74. The number of rotatable bonds is 2. The second-order valence-electron chi connectivity index (χ2n) is 8.95. The molecule has 2 heterocycles. The predicted molar refractivity (Wildman–Crippen MR) is 127 cm³/mol. The van der Waals surface area contributed by atoms with Gasteiger partial charge in [0.2, 0.25) is 0 Å². The number of pyridine rings is 1. The topological polar surface area (TPSA) is 41.6 Å². The molecule has 0 aliphatic carbocycles. The van der Waals surface area contributed by atoms with Gasteiger partial charge in [-0.1, -0.05) is 51.1 Å². The summed E-state index contributed by atoms with van der Waals surface area (Å²) in [7, 11) is 0. The first-order valence-corrected chi connectivity index (χ1v) is 10.5.